The van der Waals surface area contributed by atoms with Crippen molar-refractivity contribution in [1.82, 2.24) is 14.0 Å². The zero-order valence-electron chi connectivity index (χ0n) is 20.2. The van der Waals surface area contributed by atoms with Gasteiger partial charge in [-0.25, -0.2) is 4.79 Å². The molecular formula is C28H36N4O2. The molecule has 2 aromatic carbocycles. The molecule has 5 rings (SSSR count). The van der Waals surface area contributed by atoms with Crippen LogP contribution in [0.1, 0.15) is 44.9 Å². The predicted octanol–water partition coefficient (Wildman–Crippen LogP) is 4.87. The molecule has 1 aromatic heterocycles. The summed E-state index contributed by atoms with van der Waals surface area (Å²) in [6.07, 6.45) is 12.8. The quantitative estimate of drug-likeness (QED) is 0.481. The van der Waals surface area contributed by atoms with Gasteiger partial charge in [-0.15, -0.1) is 0 Å². The Morgan fingerprint density at radius 1 is 0.824 bits per heavy atom. The van der Waals surface area contributed by atoms with Gasteiger partial charge in [-0.05, 0) is 100 Å². The zero-order chi connectivity index (χ0) is 23.3. The zero-order valence-corrected chi connectivity index (χ0v) is 20.2. The minimum Gasteiger partial charge on any atom is -0.490 e. The van der Waals surface area contributed by atoms with Gasteiger partial charge in [0.05, 0.1) is 17.5 Å². The molecule has 0 amide bonds. The Morgan fingerprint density at radius 3 is 2.03 bits per heavy atom. The number of hydrogen-bond donors (Lipinski definition) is 0. The Bertz CT molecular complexity index is 1100. The monoisotopic (exact) mass is 460 g/mol. The Morgan fingerprint density at radius 2 is 1.41 bits per heavy atom. The Balaban J connectivity index is 1.23. The van der Waals surface area contributed by atoms with Crippen molar-refractivity contribution in [3.63, 3.8) is 0 Å². The maximum atomic E-state index is 13.1. The lowest BCUT2D eigenvalue weighted by Gasteiger charge is -2.29. The lowest BCUT2D eigenvalue weighted by Crippen LogP contribution is -2.36. The second kappa shape index (κ2) is 10.5. The largest absolute Gasteiger partial charge is 0.490 e. The molecule has 6 heteroatoms. The third-order valence-corrected chi connectivity index (χ3v) is 7.27. The molecule has 180 valence electrons. The van der Waals surface area contributed by atoms with Gasteiger partial charge in [0, 0.05) is 38.2 Å². The first-order valence-electron chi connectivity index (χ1n) is 12.8. The fraction of sp³-hybridized carbons (Fsp3) is 0.464. The summed E-state index contributed by atoms with van der Waals surface area (Å²) < 4.78 is 9.43. The van der Waals surface area contributed by atoms with Crippen LogP contribution >= 0.6 is 0 Å². The number of benzene rings is 2. The molecule has 0 spiro atoms. The first-order valence-corrected chi connectivity index (χ1v) is 12.8. The number of likely N-dealkylation sites (tertiary alicyclic amines) is 1. The van der Waals surface area contributed by atoms with Gasteiger partial charge in [-0.3, -0.25) is 9.13 Å². The van der Waals surface area contributed by atoms with Crippen LogP contribution in [0.25, 0.3) is 11.4 Å². The SMILES string of the molecule is CN(CCN1CCCCC1)c1ccc(-n2ccn(-c3ccc(OC4CCCC4)cc3)c2=O)cc1. The van der Waals surface area contributed by atoms with E-state index in [0.717, 1.165) is 43.1 Å². The number of ether oxygens (including phenoxy) is 1. The molecule has 0 radical (unpaired) electrons. The van der Waals surface area contributed by atoms with Crippen LogP contribution in [0.2, 0.25) is 0 Å². The summed E-state index contributed by atoms with van der Waals surface area (Å²) in [6, 6.07) is 16.1. The number of aromatic nitrogens is 2. The topological polar surface area (TPSA) is 42.6 Å². The lowest BCUT2D eigenvalue weighted by atomic mass is 10.1. The molecule has 0 atom stereocenters. The summed E-state index contributed by atoms with van der Waals surface area (Å²) in [5.41, 5.74) is 2.82. The van der Waals surface area contributed by atoms with E-state index >= 15 is 0 Å². The summed E-state index contributed by atoms with van der Waals surface area (Å²) in [4.78, 5) is 18.0. The number of rotatable bonds is 8. The molecule has 0 N–H and O–H groups in total. The Kier molecular flexibility index (Phi) is 7.05. The van der Waals surface area contributed by atoms with Crippen LogP contribution in [-0.2, 0) is 0 Å². The highest BCUT2D eigenvalue weighted by Gasteiger charge is 2.16. The van der Waals surface area contributed by atoms with E-state index in [9.17, 15) is 4.79 Å². The highest BCUT2D eigenvalue weighted by atomic mass is 16.5. The third-order valence-electron chi connectivity index (χ3n) is 7.27. The van der Waals surface area contributed by atoms with Gasteiger partial charge < -0.3 is 14.5 Å². The van der Waals surface area contributed by atoms with Gasteiger partial charge in [0.1, 0.15) is 5.75 Å². The second-order valence-corrected chi connectivity index (χ2v) is 9.68. The van der Waals surface area contributed by atoms with Crippen LogP contribution in [0, 0.1) is 0 Å². The Labute approximate surface area is 202 Å². The van der Waals surface area contributed by atoms with E-state index < -0.39 is 0 Å². The Hall–Kier alpha value is -2.99. The van der Waals surface area contributed by atoms with E-state index in [4.69, 9.17) is 4.74 Å². The minimum atomic E-state index is -0.0735. The second-order valence-electron chi connectivity index (χ2n) is 9.68. The number of likely N-dealkylation sites (N-methyl/N-ethyl adjacent to an activating group) is 1. The fourth-order valence-corrected chi connectivity index (χ4v) is 5.13. The fourth-order valence-electron chi connectivity index (χ4n) is 5.13. The van der Waals surface area contributed by atoms with Crippen LogP contribution in [0.4, 0.5) is 5.69 Å². The molecule has 0 bridgehead atoms. The predicted molar refractivity (Wildman–Crippen MR) is 138 cm³/mol. The molecule has 1 saturated heterocycles. The van der Waals surface area contributed by atoms with Gasteiger partial charge in [-0.2, -0.15) is 0 Å². The summed E-state index contributed by atoms with van der Waals surface area (Å²) in [7, 11) is 2.14. The van der Waals surface area contributed by atoms with Crippen molar-refractivity contribution in [3.8, 4) is 17.1 Å². The molecule has 2 heterocycles. The summed E-state index contributed by atoms with van der Waals surface area (Å²) in [5.74, 6) is 0.878. The number of imidazole rings is 1. The van der Waals surface area contributed by atoms with E-state index in [2.05, 4.69) is 29.0 Å². The van der Waals surface area contributed by atoms with E-state index in [1.165, 1.54) is 50.9 Å². The van der Waals surface area contributed by atoms with Gasteiger partial charge in [-0.1, -0.05) is 6.42 Å². The lowest BCUT2D eigenvalue weighted by molar-refractivity contribution is 0.210. The number of anilines is 1. The third kappa shape index (κ3) is 5.22. The molecule has 1 saturated carbocycles. The van der Waals surface area contributed by atoms with Crippen LogP contribution < -0.4 is 15.3 Å². The molecular weight excluding hydrogens is 424 g/mol. The van der Waals surface area contributed by atoms with Crippen molar-refractivity contribution in [2.24, 2.45) is 0 Å². The first kappa shape index (κ1) is 22.8. The van der Waals surface area contributed by atoms with Gasteiger partial charge in [0.25, 0.3) is 0 Å². The highest BCUT2D eigenvalue weighted by Crippen LogP contribution is 2.25. The van der Waals surface area contributed by atoms with Crippen molar-refractivity contribution in [3.05, 3.63) is 71.4 Å². The van der Waals surface area contributed by atoms with Crippen molar-refractivity contribution in [2.45, 2.75) is 51.0 Å². The average molecular weight is 461 g/mol. The van der Waals surface area contributed by atoms with Crippen molar-refractivity contribution < 1.29 is 4.74 Å². The normalized spacial score (nSPS) is 17.2. The van der Waals surface area contributed by atoms with Crippen molar-refractivity contribution in [1.29, 1.82) is 0 Å². The van der Waals surface area contributed by atoms with E-state index in [1.807, 2.05) is 48.8 Å². The molecule has 1 aliphatic heterocycles. The van der Waals surface area contributed by atoms with E-state index in [1.54, 1.807) is 9.13 Å². The number of piperidine rings is 1. The highest BCUT2D eigenvalue weighted by molar-refractivity contribution is 5.50. The average Bonchev–Trinajstić information content (AvgIpc) is 3.53. The van der Waals surface area contributed by atoms with Gasteiger partial charge >= 0.3 is 5.69 Å². The molecule has 6 nitrogen and oxygen atoms in total. The van der Waals surface area contributed by atoms with Crippen molar-refractivity contribution in [2.75, 3.05) is 38.1 Å². The molecule has 2 fully saturated rings. The van der Waals surface area contributed by atoms with Gasteiger partial charge in [0.2, 0.25) is 0 Å². The first-order chi connectivity index (χ1) is 16.7. The van der Waals surface area contributed by atoms with Gasteiger partial charge in [0.15, 0.2) is 0 Å². The smallest absolute Gasteiger partial charge is 0.337 e. The molecule has 2 aliphatic rings. The minimum absolute atomic E-state index is 0.0735. The van der Waals surface area contributed by atoms with Crippen LogP contribution in [0.15, 0.2) is 65.7 Å². The number of hydrogen-bond acceptors (Lipinski definition) is 4. The molecule has 1 aliphatic carbocycles. The van der Waals surface area contributed by atoms with Crippen molar-refractivity contribution >= 4 is 5.69 Å². The van der Waals surface area contributed by atoms with E-state index in [-0.39, 0.29) is 5.69 Å². The van der Waals surface area contributed by atoms with Crippen LogP contribution in [-0.4, -0.2) is 53.4 Å². The standard InChI is InChI=1S/C28H36N4O2/c1-29(19-20-30-17-5-2-6-18-30)23-9-11-24(12-10-23)31-21-22-32(28(31)33)25-13-15-27(16-14-25)34-26-7-3-4-8-26/h9-16,21-22,26H,2-8,17-20H2,1H3. The molecule has 3 aromatic rings. The summed E-state index contributed by atoms with van der Waals surface area (Å²) in [5, 5.41) is 0. The summed E-state index contributed by atoms with van der Waals surface area (Å²) in [6.45, 7) is 4.56. The van der Waals surface area contributed by atoms with E-state index in [0.29, 0.717) is 6.10 Å². The maximum absolute atomic E-state index is 13.1. The molecule has 0 unspecified atom stereocenters. The maximum Gasteiger partial charge on any atom is 0.337 e. The van der Waals surface area contributed by atoms with Crippen LogP contribution in [0.5, 0.6) is 5.75 Å². The summed E-state index contributed by atoms with van der Waals surface area (Å²) >= 11 is 0. The van der Waals surface area contributed by atoms with Crippen LogP contribution in [0.3, 0.4) is 0 Å². The number of nitrogens with zero attached hydrogens (tertiary/aromatic N) is 4. The molecule has 34 heavy (non-hydrogen) atoms.